The first-order valence-corrected chi connectivity index (χ1v) is 9.56. The van der Waals surface area contributed by atoms with Gasteiger partial charge in [-0.15, -0.1) is 0 Å². The van der Waals surface area contributed by atoms with Crippen LogP contribution in [0.25, 0.3) is 5.57 Å². The van der Waals surface area contributed by atoms with Crippen molar-refractivity contribution in [2.24, 2.45) is 5.41 Å². The smallest absolute Gasteiger partial charge is 0.275 e. The van der Waals surface area contributed by atoms with Gasteiger partial charge in [0.2, 0.25) is 5.91 Å². The molecule has 2 aliphatic rings. The normalized spacial score (nSPS) is 22.3. The highest BCUT2D eigenvalue weighted by molar-refractivity contribution is 8.16. The lowest BCUT2D eigenvalue weighted by Crippen LogP contribution is -2.47. The van der Waals surface area contributed by atoms with Crippen molar-refractivity contribution in [2.75, 3.05) is 7.05 Å². The quantitative estimate of drug-likeness (QED) is 0.635. The van der Waals surface area contributed by atoms with Crippen molar-refractivity contribution >= 4 is 28.5 Å². The van der Waals surface area contributed by atoms with Crippen molar-refractivity contribution in [1.82, 2.24) is 4.90 Å². The molecule has 2 amide bonds. The minimum absolute atomic E-state index is 0. The van der Waals surface area contributed by atoms with E-state index in [1.165, 1.54) is 21.6 Å². The molecular weight excluding hydrogens is 342 g/mol. The third kappa shape index (κ3) is 3.52. The zero-order valence-corrected chi connectivity index (χ0v) is 16.7. The molecule has 26 heavy (non-hydrogen) atoms. The maximum atomic E-state index is 12.6. The minimum Gasteiger partial charge on any atom is -0.275 e. The minimum atomic E-state index is -0.759. The summed E-state index contributed by atoms with van der Waals surface area (Å²) in [5.41, 5.74) is 3.26. The summed E-state index contributed by atoms with van der Waals surface area (Å²) in [4.78, 5) is 25.9. The van der Waals surface area contributed by atoms with Gasteiger partial charge in [0.05, 0.1) is 0 Å². The van der Waals surface area contributed by atoms with Crippen LogP contribution in [0.1, 0.15) is 54.0 Å². The predicted octanol–water partition coefficient (Wildman–Crippen LogP) is 6.17. The lowest BCUT2D eigenvalue weighted by atomic mass is 9.71. The van der Waals surface area contributed by atoms with E-state index in [1.807, 2.05) is 39.0 Å². The summed E-state index contributed by atoms with van der Waals surface area (Å²) in [6.45, 7) is 10.0. The molecular formula is C22H31NO2S. The molecule has 4 heteroatoms. The van der Waals surface area contributed by atoms with Gasteiger partial charge in [-0.2, -0.15) is 0 Å². The predicted molar refractivity (Wildman–Crippen MR) is 113 cm³/mol. The Morgan fingerprint density at radius 3 is 2.15 bits per heavy atom. The van der Waals surface area contributed by atoms with Gasteiger partial charge in [0, 0.05) is 12.5 Å². The molecule has 1 aromatic carbocycles. The number of benzene rings is 1. The maximum Gasteiger partial charge on any atom is 0.289 e. The molecule has 1 atom stereocenters. The van der Waals surface area contributed by atoms with Crippen LogP contribution in [0.4, 0.5) is 4.79 Å². The van der Waals surface area contributed by atoms with Gasteiger partial charge in [0.25, 0.3) is 5.24 Å². The Kier molecular flexibility index (Phi) is 7.06. The summed E-state index contributed by atoms with van der Waals surface area (Å²) in [6, 6.07) is 10.3. The zero-order chi connectivity index (χ0) is 18.8. The summed E-state index contributed by atoms with van der Waals surface area (Å²) in [5, 5.41) is -0.166. The molecule has 1 aliphatic carbocycles. The highest BCUT2D eigenvalue weighted by atomic mass is 32.2. The number of carbonyl (C=O) groups is 2. The van der Waals surface area contributed by atoms with Crippen molar-refractivity contribution < 1.29 is 9.59 Å². The molecule has 3 rings (SSSR count). The molecule has 0 bridgehead atoms. The van der Waals surface area contributed by atoms with E-state index < -0.39 is 10.2 Å². The van der Waals surface area contributed by atoms with Gasteiger partial charge >= 0.3 is 0 Å². The van der Waals surface area contributed by atoms with Crippen molar-refractivity contribution in [1.29, 1.82) is 0 Å². The number of hydrogen-bond acceptors (Lipinski definition) is 3. The van der Waals surface area contributed by atoms with E-state index in [9.17, 15) is 9.59 Å². The number of allylic oxidation sites excluding steroid dienone is 4. The molecule has 1 aliphatic heterocycles. The van der Waals surface area contributed by atoms with Crippen molar-refractivity contribution in [3.8, 4) is 0 Å². The first-order chi connectivity index (χ1) is 11.8. The molecule has 0 spiro atoms. The van der Waals surface area contributed by atoms with Crippen LogP contribution in [0.2, 0.25) is 0 Å². The highest BCUT2D eigenvalue weighted by Crippen LogP contribution is 2.54. The number of rotatable bonds is 3. The number of carbonyl (C=O) groups excluding carboxylic acids is 2. The summed E-state index contributed by atoms with van der Waals surface area (Å²) >= 11 is 1.15. The first kappa shape index (κ1) is 22.2. The Labute approximate surface area is 162 Å². The third-order valence-electron chi connectivity index (χ3n) is 5.28. The van der Waals surface area contributed by atoms with E-state index in [2.05, 4.69) is 38.1 Å². The van der Waals surface area contributed by atoms with Gasteiger partial charge < -0.3 is 0 Å². The molecule has 1 unspecified atom stereocenters. The molecule has 1 saturated heterocycles. The van der Waals surface area contributed by atoms with E-state index in [1.54, 1.807) is 7.05 Å². The van der Waals surface area contributed by atoms with Crippen LogP contribution >= 0.6 is 11.8 Å². The number of hydrogen-bond donors (Lipinski definition) is 0. The van der Waals surface area contributed by atoms with Gasteiger partial charge in [-0.25, -0.2) is 0 Å². The lowest BCUT2D eigenvalue weighted by Gasteiger charge is -2.39. The largest absolute Gasteiger partial charge is 0.289 e. The van der Waals surface area contributed by atoms with Gasteiger partial charge in [0.15, 0.2) is 0 Å². The molecule has 0 saturated carbocycles. The van der Waals surface area contributed by atoms with Crippen LogP contribution in [0.3, 0.4) is 0 Å². The van der Waals surface area contributed by atoms with Crippen molar-refractivity contribution in [3.63, 3.8) is 0 Å². The van der Waals surface area contributed by atoms with Crippen LogP contribution < -0.4 is 0 Å². The van der Waals surface area contributed by atoms with Gasteiger partial charge in [-0.3, -0.25) is 14.5 Å². The summed E-state index contributed by atoms with van der Waals surface area (Å²) in [7, 11) is 1.57. The maximum absolute atomic E-state index is 12.6. The summed E-state index contributed by atoms with van der Waals surface area (Å²) in [6.07, 6.45) is 5.06. The second-order valence-electron chi connectivity index (χ2n) is 6.82. The zero-order valence-electron chi connectivity index (χ0n) is 15.9. The van der Waals surface area contributed by atoms with Crippen LogP contribution in [0.5, 0.6) is 0 Å². The fraction of sp³-hybridized carbons (Fsp3) is 0.455. The summed E-state index contributed by atoms with van der Waals surface area (Å²) in [5.74, 6) is -0.105. The van der Waals surface area contributed by atoms with Crippen LogP contribution in [-0.4, -0.2) is 27.8 Å². The Bertz CT molecular complexity index is 734. The molecule has 0 N–H and O–H groups in total. The van der Waals surface area contributed by atoms with E-state index in [-0.39, 0.29) is 18.6 Å². The molecule has 142 valence electrons. The second kappa shape index (κ2) is 8.26. The van der Waals surface area contributed by atoms with Crippen LogP contribution in [-0.2, 0) is 4.79 Å². The molecule has 0 radical (unpaired) electrons. The Hall–Kier alpha value is -1.81. The van der Waals surface area contributed by atoms with E-state index in [4.69, 9.17) is 0 Å². The standard InChI is InChI=1S/C19H21NO2S.C2H6.CH4/c1-18(2,19(3)16(21)20(4)17(22)23-19)15-11-10-14(12-15)13-8-6-5-7-9-13;1-2;/h5-11H,12H2,1-4H3;1-2H3;1H4. The second-order valence-corrected chi connectivity index (χ2v) is 8.19. The number of nitrogens with zero attached hydrogens (tertiary/aromatic N) is 1. The van der Waals surface area contributed by atoms with Gasteiger partial charge in [-0.05, 0) is 36.2 Å². The van der Waals surface area contributed by atoms with Gasteiger partial charge in [0.1, 0.15) is 4.75 Å². The van der Waals surface area contributed by atoms with E-state index >= 15 is 0 Å². The fourth-order valence-corrected chi connectivity index (χ4v) is 4.37. The highest BCUT2D eigenvalue weighted by Gasteiger charge is 2.57. The van der Waals surface area contributed by atoms with Crippen LogP contribution in [0.15, 0.2) is 48.1 Å². The monoisotopic (exact) mass is 373 g/mol. The Morgan fingerprint density at radius 2 is 1.65 bits per heavy atom. The SMILES string of the molecule is C.CC.CN1C(=O)SC(C)(C(C)(C)C2=CC=C(c3ccccc3)C2)C1=O. The third-order valence-corrected chi connectivity index (χ3v) is 6.83. The first-order valence-electron chi connectivity index (χ1n) is 8.74. The topological polar surface area (TPSA) is 37.4 Å². The van der Waals surface area contributed by atoms with Gasteiger partial charge in [-0.1, -0.05) is 83.2 Å². The van der Waals surface area contributed by atoms with Crippen molar-refractivity contribution in [3.05, 3.63) is 53.6 Å². The fourth-order valence-electron chi connectivity index (χ4n) is 3.20. The number of imide groups is 1. The number of amides is 2. The molecule has 1 heterocycles. The Morgan fingerprint density at radius 1 is 1.08 bits per heavy atom. The van der Waals surface area contributed by atoms with E-state index in [0.29, 0.717) is 0 Å². The summed E-state index contributed by atoms with van der Waals surface area (Å²) < 4.78 is -0.759. The average Bonchev–Trinajstić information content (AvgIpc) is 3.19. The molecule has 1 fully saturated rings. The Balaban J connectivity index is 0.00000109. The molecule has 3 nitrogen and oxygen atoms in total. The lowest BCUT2D eigenvalue weighted by molar-refractivity contribution is -0.130. The molecule has 1 aromatic rings. The molecule has 0 aromatic heterocycles. The van der Waals surface area contributed by atoms with E-state index in [0.717, 1.165) is 18.2 Å². The van der Waals surface area contributed by atoms with Crippen LogP contribution in [0, 0.1) is 5.41 Å². The number of thioether (sulfide) groups is 1. The van der Waals surface area contributed by atoms with Crippen molar-refractivity contribution in [2.45, 2.75) is 53.2 Å². The average molecular weight is 374 g/mol.